The van der Waals surface area contributed by atoms with E-state index in [0.29, 0.717) is 5.75 Å². The third-order valence-corrected chi connectivity index (χ3v) is 3.29. The lowest BCUT2D eigenvalue weighted by Crippen LogP contribution is -2.34. The smallest absolute Gasteiger partial charge is 0.320 e. The van der Waals surface area contributed by atoms with Gasteiger partial charge in [0.15, 0.2) is 0 Å². The van der Waals surface area contributed by atoms with Crippen LogP contribution in [0.2, 0.25) is 0 Å². The summed E-state index contributed by atoms with van der Waals surface area (Å²) < 4.78 is 0. The molecule has 0 aromatic carbocycles. The number of hydrogen-bond donors (Lipinski definition) is 3. The van der Waals surface area contributed by atoms with Gasteiger partial charge >= 0.3 is 11.9 Å². The van der Waals surface area contributed by atoms with Crippen LogP contribution in [0, 0.1) is 17.8 Å². The van der Waals surface area contributed by atoms with Crippen LogP contribution in [0.1, 0.15) is 0 Å². The van der Waals surface area contributed by atoms with Gasteiger partial charge in [-0.3, -0.25) is 9.59 Å². The molecular formula is C8H13NO4S. The minimum Gasteiger partial charge on any atom is -0.481 e. The highest BCUT2D eigenvalue weighted by Gasteiger charge is 2.58. The first kappa shape index (κ1) is 11.3. The molecule has 1 saturated carbocycles. The number of aliphatic carboxylic acids is 2. The lowest BCUT2D eigenvalue weighted by atomic mass is 10.1. The fourth-order valence-electron chi connectivity index (χ4n) is 1.81. The minimum absolute atomic E-state index is 0.0893. The molecule has 5 nitrogen and oxygen atoms in total. The molecule has 4 N–H and O–H groups in total. The Bertz CT molecular complexity index is 258. The van der Waals surface area contributed by atoms with Crippen molar-refractivity contribution in [2.75, 3.05) is 12.0 Å². The standard InChI is InChI=1S/C8H13NO4S/c1-14-2-3-4(5(3)7(10)11)6(9)8(12)13/h3-6H,2,9H2,1H3,(H,10,11)(H,12,13)/t3-,4+,5+,6?/m1/s1. The van der Waals surface area contributed by atoms with E-state index in [1.807, 2.05) is 6.26 Å². The summed E-state index contributed by atoms with van der Waals surface area (Å²) in [6.45, 7) is 0. The van der Waals surface area contributed by atoms with Gasteiger partial charge in [-0.25, -0.2) is 0 Å². The highest BCUT2D eigenvalue weighted by molar-refractivity contribution is 7.98. The second-order valence-electron chi connectivity index (χ2n) is 3.42. The van der Waals surface area contributed by atoms with Crippen molar-refractivity contribution in [3.05, 3.63) is 0 Å². The summed E-state index contributed by atoms with van der Waals surface area (Å²) in [6, 6.07) is -1.05. The average molecular weight is 219 g/mol. The number of nitrogens with two attached hydrogens (primary N) is 1. The van der Waals surface area contributed by atoms with Crippen LogP contribution in [0.25, 0.3) is 0 Å². The molecule has 0 amide bonds. The highest BCUT2D eigenvalue weighted by atomic mass is 32.2. The van der Waals surface area contributed by atoms with Crippen molar-refractivity contribution in [2.24, 2.45) is 23.5 Å². The Hall–Kier alpha value is -0.750. The van der Waals surface area contributed by atoms with Gasteiger partial charge in [0.1, 0.15) is 6.04 Å². The topological polar surface area (TPSA) is 101 Å². The monoisotopic (exact) mass is 219 g/mol. The van der Waals surface area contributed by atoms with E-state index in [4.69, 9.17) is 15.9 Å². The summed E-state index contributed by atoms with van der Waals surface area (Å²) in [4.78, 5) is 21.3. The molecule has 0 aromatic rings. The predicted molar refractivity (Wildman–Crippen MR) is 52.1 cm³/mol. The van der Waals surface area contributed by atoms with E-state index in [0.717, 1.165) is 0 Å². The normalized spacial score (nSPS) is 32.3. The maximum absolute atomic E-state index is 10.7. The Kier molecular flexibility index (Phi) is 3.38. The van der Waals surface area contributed by atoms with Gasteiger partial charge in [0.25, 0.3) is 0 Å². The molecule has 4 atom stereocenters. The average Bonchev–Trinajstić information content (AvgIpc) is 2.78. The fraction of sp³-hybridized carbons (Fsp3) is 0.750. The van der Waals surface area contributed by atoms with E-state index in [1.165, 1.54) is 11.8 Å². The molecule has 0 bridgehead atoms. The van der Waals surface area contributed by atoms with Crippen molar-refractivity contribution in [2.45, 2.75) is 6.04 Å². The van der Waals surface area contributed by atoms with Gasteiger partial charge < -0.3 is 15.9 Å². The van der Waals surface area contributed by atoms with Crippen molar-refractivity contribution in [3.63, 3.8) is 0 Å². The molecule has 1 aliphatic rings. The van der Waals surface area contributed by atoms with E-state index in [2.05, 4.69) is 0 Å². The van der Waals surface area contributed by atoms with Crippen molar-refractivity contribution in [3.8, 4) is 0 Å². The van der Waals surface area contributed by atoms with Crippen LogP contribution in [0.5, 0.6) is 0 Å². The van der Waals surface area contributed by atoms with Crippen LogP contribution < -0.4 is 5.73 Å². The number of hydrogen-bond acceptors (Lipinski definition) is 4. The highest BCUT2D eigenvalue weighted by Crippen LogP contribution is 2.49. The first-order chi connectivity index (χ1) is 6.50. The van der Waals surface area contributed by atoms with Gasteiger partial charge in [-0.15, -0.1) is 0 Å². The molecule has 0 aromatic heterocycles. The quantitative estimate of drug-likeness (QED) is 0.587. The van der Waals surface area contributed by atoms with E-state index >= 15 is 0 Å². The molecule has 1 aliphatic carbocycles. The van der Waals surface area contributed by atoms with Crippen molar-refractivity contribution >= 4 is 23.7 Å². The molecule has 80 valence electrons. The number of thioether (sulfide) groups is 1. The van der Waals surface area contributed by atoms with E-state index < -0.39 is 29.8 Å². The molecule has 0 saturated heterocycles. The Morgan fingerprint density at radius 2 is 2.07 bits per heavy atom. The van der Waals surface area contributed by atoms with Crippen molar-refractivity contribution in [1.29, 1.82) is 0 Å². The Morgan fingerprint density at radius 1 is 1.50 bits per heavy atom. The second kappa shape index (κ2) is 4.18. The van der Waals surface area contributed by atoms with E-state index in [1.54, 1.807) is 0 Å². The van der Waals surface area contributed by atoms with Crippen LogP contribution in [-0.2, 0) is 9.59 Å². The van der Waals surface area contributed by atoms with Gasteiger partial charge in [-0.2, -0.15) is 11.8 Å². The summed E-state index contributed by atoms with van der Waals surface area (Å²) in [7, 11) is 0. The molecule has 14 heavy (non-hydrogen) atoms. The zero-order chi connectivity index (χ0) is 10.9. The van der Waals surface area contributed by atoms with Crippen molar-refractivity contribution < 1.29 is 19.8 Å². The Morgan fingerprint density at radius 3 is 2.43 bits per heavy atom. The molecule has 0 radical (unpaired) electrons. The number of carboxylic acids is 2. The summed E-state index contributed by atoms with van der Waals surface area (Å²) in [6.07, 6.45) is 1.86. The molecular weight excluding hydrogens is 206 g/mol. The third kappa shape index (κ3) is 2.01. The molecule has 6 heteroatoms. The maximum Gasteiger partial charge on any atom is 0.320 e. The summed E-state index contributed by atoms with van der Waals surface area (Å²) >= 11 is 1.51. The first-order valence-electron chi connectivity index (χ1n) is 4.20. The number of rotatable bonds is 5. The molecule has 0 spiro atoms. The van der Waals surface area contributed by atoms with Gasteiger partial charge in [-0.05, 0) is 17.9 Å². The number of carboxylic acid groups (broad SMARTS) is 2. The van der Waals surface area contributed by atoms with Crippen LogP contribution in [0.4, 0.5) is 0 Å². The molecule has 1 unspecified atom stereocenters. The van der Waals surface area contributed by atoms with Crippen LogP contribution in [0.15, 0.2) is 0 Å². The van der Waals surface area contributed by atoms with Crippen molar-refractivity contribution in [1.82, 2.24) is 0 Å². The van der Waals surface area contributed by atoms with Gasteiger partial charge in [0.05, 0.1) is 5.92 Å². The molecule has 0 heterocycles. The van der Waals surface area contributed by atoms with Crippen LogP contribution >= 0.6 is 11.8 Å². The van der Waals surface area contributed by atoms with Gasteiger partial charge in [0.2, 0.25) is 0 Å². The second-order valence-corrected chi connectivity index (χ2v) is 4.34. The van der Waals surface area contributed by atoms with Crippen LogP contribution in [0.3, 0.4) is 0 Å². The maximum atomic E-state index is 10.7. The largest absolute Gasteiger partial charge is 0.481 e. The SMILES string of the molecule is CSC[C@H]1[C@H](C(=O)O)[C@H]1C(N)C(=O)O. The number of carbonyl (C=O) groups is 2. The van der Waals surface area contributed by atoms with Gasteiger partial charge in [0, 0.05) is 5.92 Å². The lowest BCUT2D eigenvalue weighted by Gasteiger charge is -2.03. The van der Waals surface area contributed by atoms with Gasteiger partial charge in [-0.1, -0.05) is 0 Å². The first-order valence-corrected chi connectivity index (χ1v) is 5.60. The minimum atomic E-state index is -1.12. The predicted octanol–water partition coefficient (Wildman–Crippen LogP) is -0.292. The Labute approximate surface area is 85.7 Å². The Balaban J connectivity index is 2.62. The summed E-state index contributed by atoms with van der Waals surface area (Å²) in [5.41, 5.74) is 5.40. The van der Waals surface area contributed by atoms with E-state index in [9.17, 15) is 9.59 Å². The molecule has 0 aliphatic heterocycles. The van der Waals surface area contributed by atoms with E-state index in [-0.39, 0.29) is 5.92 Å². The lowest BCUT2D eigenvalue weighted by molar-refractivity contribution is -0.140. The molecule has 1 fully saturated rings. The van der Waals surface area contributed by atoms with Crippen LogP contribution in [-0.4, -0.2) is 40.2 Å². The zero-order valence-electron chi connectivity index (χ0n) is 7.71. The fourth-order valence-corrected chi connectivity index (χ4v) is 2.62. The zero-order valence-corrected chi connectivity index (χ0v) is 8.53. The summed E-state index contributed by atoms with van der Waals surface area (Å²) in [5.74, 6) is -2.47. The summed E-state index contributed by atoms with van der Waals surface area (Å²) in [5, 5.41) is 17.4. The molecule has 1 rings (SSSR count). The third-order valence-electron chi connectivity index (χ3n) is 2.57.